The number of aromatic nitrogens is 1. The van der Waals surface area contributed by atoms with Crippen molar-refractivity contribution in [1.29, 1.82) is 0 Å². The van der Waals surface area contributed by atoms with Crippen LogP contribution < -0.4 is 5.73 Å². The average Bonchev–Trinajstić information content (AvgIpc) is 2.66. The van der Waals surface area contributed by atoms with Gasteiger partial charge in [0.1, 0.15) is 5.69 Å². The number of pyridine rings is 1. The van der Waals surface area contributed by atoms with Crippen molar-refractivity contribution in [2.75, 3.05) is 0 Å². The van der Waals surface area contributed by atoms with E-state index in [0.29, 0.717) is 5.69 Å². The summed E-state index contributed by atoms with van der Waals surface area (Å²) in [6, 6.07) is 22.7. The Balaban J connectivity index is 1.73. The van der Waals surface area contributed by atoms with Gasteiger partial charge in [0.05, 0.1) is 0 Å². The van der Waals surface area contributed by atoms with Crippen molar-refractivity contribution >= 4 is 5.91 Å². The van der Waals surface area contributed by atoms with Crippen LogP contribution in [0.15, 0.2) is 72.9 Å². The Morgan fingerprint density at radius 2 is 1.28 bits per heavy atom. The van der Waals surface area contributed by atoms with Crippen LogP contribution in [0.5, 0.6) is 0 Å². The summed E-state index contributed by atoms with van der Waals surface area (Å²) in [5.74, 6) is -0.460. The number of carbonyl (C=O) groups is 1. The zero-order chi connectivity index (χ0) is 17.5. The molecule has 0 unspecified atom stereocenters. The van der Waals surface area contributed by atoms with Gasteiger partial charge in [-0.25, -0.2) is 0 Å². The van der Waals surface area contributed by atoms with Gasteiger partial charge in [0.25, 0.3) is 5.91 Å². The molecule has 1 amide bonds. The molecule has 2 aromatic carbocycles. The van der Waals surface area contributed by atoms with Crippen molar-refractivity contribution in [3.63, 3.8) is 0 Å². The SMILES string of the molecule is NC(=O)c1ncc(CCc2ccccc2)cc1CCc1ccccc1. The second-order valence-corrected chi connectivity index (χ2v) is 6.19. The Morgan fingerprint density at radius 3 is 1.84 bits per heavy atom. The molecular formula is C22H22N2O. The number of primary amides is 1. The largest absolute Gasteiger partial charge is 0.364 e. The van der Waals surface area contributed by atoms with E-state index in [9.17, 15) is 4.79 Å². The number of aryl methyl sites for hydroxylation is 4. The summed E-state index contributed by atoms with van der Waals surface area (Å²) >= 11 is 0. The van der Waals surface area contributed by atoms with E-state index in [1.807, 2.05) is 24.3 Å². The number of nitrogens with two attached hydrogens (primary N) is 1. The molecule has 0 aliphatic rings. The molecule has 0 aliphatic heterocycles. The van der Waals surface area contributed by atoms with Crippen LogP contribution in [0.4, 0.5) is 0 Å². The standard InChI is InChI=1S/C22H22N2O/c23-22(25)21-20(14-13-18-9-5-2-6-10-18)15-19(16-24-21)12-11-17-7-3-1-4-8-17/h1-10,15-16H,11-14H2,(H2,23,25). The highest BCUT2D eigenvalue weighted by Crippen LogP contribution is 2.15. The zero-order valence-corrected chi connectivity index (χ0v) is 14.2. The molecule has 1 heterocycles. The Kier molecular flexibility index (Phi) is 5.57. The number of nitrogens with zero attached hydrogens (tertiary/aromatic N) is 1. The van der Waals surface area contributed by atoms with E-state index in [1.165, 1.54) is 11.1 Å². The van der Waals surface area contributed by atoms with E-state index in [2.05, 4.69) is 47.4 Å². The van der Waals surface area contributed by atoms with Crippen molar-refractivity contribution in [3.05, 3.63) is 101 Å². The molecule has 0 bridgehead atoms. The van der Waals surface area contributed by atoms with Gasteiger partial charge < -0.3 is 5.73 Å². The van der Waals surface area contributed by atoms with Crippen molar-refractivity contribution in [3.8, 4) is 0 Å². The first kappa shape index (κ1) is 16.9. The van der Waals surface area contributed by atoms with Crippen LogP contribution in [-0.2, 0) is 25.7 Å². The topological polar surface area (TPSA) is 56.0 Å². The van der Waals surface area contributed by atoms with Crippen LogP contribution in [-0.4, -0.2) is 10.9 Å². The minimum atomic E-state index is -0.460. The van der Waals surface area contributed by atoms with Gasteiger partial charge in [-0.05, 0) is 47.9 Å². The van der Waals surface area contributed by atoms with Gasteiger partial charge in [0.2, 0.25) is 0 Å². The number of carbonyl (C=O) groups excluding carboxylic acids is 1. The van der Waals surface area contributed by atoms with Gasteiger partial charge in [0.15, 0.2) is 0 Å². The molecule has 3 heteroatoms. The summed E-state index contributed by atoms with van der Waals surface area (Å²) in [5.41, 5.74) is 10.5. The lowest BCUT2D eigenvalue weighted by atomic mass is 9.99. The first-order valence-electron chi connectivity index (χ1n) is 8.58. The fourth-order valence-electron chi connectivity index (χ4n) is 2.97. The lowest BCUT2D eigenvalue weighted by molar-refractivity contribution is 0.0994. The van der Waals surface area contributed by atoms with E-state index in [4.69, 9.17) is 5.73 Å². The lowest BCUT2D eigenvalue weighted by Gasteiger charge is -2.09. The summed E-state index contributed by atoms with van der Waals surface area (Å²) in [6.07, 6.45) is 5.25. The fourth-order valence-corrected chi connectivity index (χ4v) is 2.97. The molecule has 3 aromatic rings. The van der Waals surface area contributed by atoms with Crippen molar-refractivity contribution in [2.24, 2.45) is 5.73 Å². The third-order valence-corrected chi connectivity index (χ3v) is 4.33. The van der Waals surface area contributed by atoms with E-state index in [-0.39, 0.29) is 0 Å². The fraction of sp³-hybridized carbons (Fsp3) is 0.182. The quantitative estimate of drug-likeness (QED) is 0.717. The predicted molar refractivity (Wildman–Crippen MR) is 100 cm³/mol. The molecule has 0 radical (unpaired) electrons. The average molecular weight is 330 g/mol. The molecule has 3 nitrogen and oxygen atoms in total. The molecule has 1 aromatic heterocycles. The molecule has 0 saturated heterocycles. The third-order valence-electron chi connectivity index (χ3n) is 4.33. The maximum atomic E-state index is 11.7. The number of hydrogen-bond acceptors (Lipinski definition) is 2. The van der Waals surface area contributed by atoms with Crippen molar-refractivity contribution in [2.45, 2.75) is 25.7 Å². The van der Waals surface area contributed by atoms with Crippen LogP contribution in [0.25, 0.3) is 0 Å². The second kappa shape index (κ2) is 8.25. The van der Waals surface area contributed by atoms with Gasteiger partial charge in [-0.2, -0.15) is 0 Å². The van der Waals surface area contributed by atoms with Gasteiger partial charge in [0, 0.05) is 6.20 Å². The first-order chi connectivity index (χ1) is 12.2. The molecule has 3 rings (SSSR count). The maximum absolute atomic E-state index is 11.7. The highest BCUT2D eigenvalue weighted by atomic mass is 16.1. The van der Waals surface area contributed by atoms with Gasteiger partial charge in [-0.1, -0.05) is 66.7 Å². The molecule has 126 valence electrons. The second-order valence-electron chi connectivity index (χ2n) is 6.19. The van der Waals surface area contributed by atoms with Crippen LogP contribution >= 0.6 is 0 Å². The summed E-state index contributed by atoms with van der Waals surface area (Å²) in [7, 11) is 0. The van der Waals surface area contributed by atoms with Gasteiger partial charge >= 0.3 is 0 Å². The number of hydrogen-bond donors (Lipinski definition) is 1. The van der Waals surface area contributed by atoms with E-state index >= 15 is 0 Å². The molecule has 2 N–H and O–H groups in total. The molecule has 0 atom stereocenters. The molecule has 0 aliphatic carbocycles. The molecule has 0 saturated carbocycles. The van der Waals surface area contributed by atoms with Crippen LogP contribution in [0.2, 0.25) is 0 Å². The van der Waals surface area contributed by atoms with E-state index < -0.39 is 5.91 Å². The van der Waals surface area contributed by atoms with Crippen molar-refractivity contribution in [1.82, 2.24) is 4.98 Å². The maximum Gasteiger partial charge on any atom is 0.267 e. The zero-order valence-electron chi connectivity index (χ0n) is 14.2. The summed E-state index contributed by atoms with van der Waals surface area (Å²) in [4.78, 5) is 16.0. The number of benzene rings is 2. The summed E-state index contributed by atoms with van der Waals surface area (Å²) in [5, 5.41) is 0. The highest BCUT2D eigenvalue weighted by Gasteiger charge is 2.11. The van der Waals surface area contributed by atoms with E-state index in [0.717, 1.165) is 36.8 Å². The lowest BCUT2D eigenvalue weighted by Crippen LogP contribution is -2.17. The molecule has 0 spiro atoms. The Morgan fingerprint density at radius 1 is 0.760 bits per heavy atom. The number of amides is 1. The summed E-state index contributed by atoms with van der Waals surface area (Å²) in [6.45, 7) is 0. The Labute approximate surface area is 148 Å². The Bertz CT molecular complexity index is 829. The predicted octanol–water partition coefficient (Wildman–Crippen LogP) is 3.75. The van der Waals surface area contributed by atoms with Crippen LogP contribution in [0.1, 0.15) is 32.7 Å². The molecule has 25 heavy (non-hydrogen) atoms. The molecule has 0 fully saturated rings. The van der Waals surface area contributed by atoms with Crippen molar-refractivity contribution < 1.29 is 4.79 Å². The first-order valence-corrected chi connectivity index (χ1v) is 8.58. The minimum Gasteiger partial charge on any atom is -0.364 e. The van der Waals surface area contributed by atoms with Gasteiger partial charge in [-0.15, -0.1) is 0 Å². The summed E-state index contributed by atoms with van der Waals surface area (Å²) < 4.78 is 0. The van der Waals surface area contributed by atoms with Crippen LogP contribution in [0, 0.1) is 0 Å². The normalized spacial score (nSPS) is 10.6. The smallest absolute Gasteiger partial charge is 0.267 e. The third kappa shape index (κ3) is 4.77. The number of rotatable bonds is 7. The monoisotopic (exact) mass is 330 g/mol. The van der Waals surface area contributed by atoms with Gasteiger partial charge in [-0.3, -0.25) is 9.78 Å². The van der Waals surface area contributed by atoms with Crippen LogP contribution in [0.3, 0.4) is 0 Å². The van der Waals surface area contributed by atoms with E-state index in [1.54, 1.807) is 6.20 Å². The minimum absolute atomic E-state index is 0.388. The Hall–Kier alpha value is -2.94. The highest BCUT2D eigenvalue weighted by molar-refractivity contribution is 5.92. The molecular weight excluding hydrogens is 308 g/mol.